The van der Waals surface area contributed by atoms with Gasteiger partial charge in [-0.25, -0.2) is 4.98 Å². The number of aliphatic hydroxyl groups is 1. The van der Waals surface area contributed by atoms with Crippen molar-refractivity contribution in [2.24, 2.45) is 5.92 Å². The summed E-state index contributed by atoms with van der Waals surface area (Å²) in [7, 11) is 0. The van der Waals surface area contributed by atoms with Crippen molar-refractivity contribution in [1.82, 2.24) is 4.98 Å². The highest BCUT2D eigenvalue weighted by Crippen LogP contribution is 2.32. The van der Waals surface area contributed by atoms with Crippen LogP contribution in [-0.4, -0.2) is 29.8 Å². The second-order valence-corrected chi connectivity index (χ2v) is 5.28. The Morgan fingerprint density at radius 1 is 1.29 bits per heavy atom. The Morgan fingerprint density at radius 2 is 2.12 bits per heavy atom. The number of fused-ring (bicyclic) bond motifs is 1. The van der Waals surface area contributed by atoms with Gasteiger partial charge in [-0.05, 0) is 12.1 Å². The number of benzene rings is 1. The highest BCUT2D eigenvalue weighted by molar-refractivity contribution is 9.10. The van der Waals surface area contributed by atoms with Crippen molar-refractivity contribution in [2.75, 3.05) is 24.6 Å². The Balaban J connectivity index is 2.03. The number of rotatable bonds is 2. The summed E-state index contributed by atoms with van der Waals surface area (Å²) in [5, 5.41) is 11.4. The lowest BCUT2D eigenvalue weighted by molar-refractivity contribution is 0.200. The zero-order chi connectivity index (χ0) is 11.8. The lowest BCUT2D eigenvalue weighted by Gasteiger charge is -2.39. The van der Waals surface area contributed by atoms with Crippen LogP contribution in [0.25, 0.3) is 10.8 Å². The van der Waals surface area contributed by atoms with Crippen LogP contribution in [0.4, 0.5) is 5.82 Å². The third-order valence-corrected chi connectivity index (χ3v) is 3.94. The molecule has 0 bridgehead atoms. The molecule has 1 aliphatic heterocycles. The molecule has 1 aromatic heterocycles. The minimum absolute atomic E-state index is 0.269. The molecule has 1 aliphatic rings. The van der Waals surface area contributed by atoms with Gasteiger partial charge in [0, 0.05) is 47.1 Å². The molecule has 2 heterocycles. The quantitative estimate of drug-likeness (QED) is 0.924. The monoisotopic (exact) mass is 292 g/mol. The summed E-state index contributed by atoms with van der Waals surface area (Å²) in [6.07, 6.45) is 1.84. The summed E-state index contributed by atoms with van der Waals surface area (Å²) in [5.41, 5.74) is 0. The van der Waals surface area contributed by atoms with Crippen LogP contribution in [0.5, 0.6) is 0 Å². The van der Waals surface area contributed by atoms with E-state index in [9.17, 15) is 0 Å². The van der Waals surface area contributed by atoms with E-state index in [2.05, 4.69) is 31.9 Å². The van der Waals surface area contributed by atoms with Gasteiger partial charge in [-0.1, -0.05) is 28.1 Å². The van der Waals surface area contributed by atoms with Crippen molar-refractivity contribution >= 4 is 32.5 Å². The Morgan fingerprint density at radius 3 is 2.88 bits per heavy atom. The molecule has 3 nitrogen and oxygen atoms in total. The van der Waals surface area contributed by atoms with E-state index in [-0.39, 0.29) is 6.61 Å². The van der Waals surface area contributed by atoms with Crippen LogP contribution in [0, 0.1) is 5.92 Å². The largest absolute Gasteiger partial charge is 0.396 e. The molecule has 4 heteroatoms. The standard InChI is InChI=1S/C13H13BrN2O/c14-12-3-1-2-11-10(12)4-5-15-13(11)16-6-9(7-16)8-17/h1-5,9,17H,6-8H2. The average Bonchev–Trinajstić information content (AvgIpc) is 2.29. The zero-order valence-electron chi connectivity index (χ0n) is 9.31. The summed E-state index contributed by atoms with van der Waals surface area (Å²) in [6.45, 7) is 2.06. The van der Waals surface area contributed by atoms with Crippen molar-refractivity contribution in [3.8, 4) is 0 Å². The van der Waals surface area contributed by atoms with Gasteiger partial charge < -0.3 is 10.0 Å². The first kappa shape index (κ1) is 11.0. The number of hydrogen-bond donors (Lipinski definition) is 1. The number of pyridine rings is 1. The second kappa shape index (κ2) is 4.27. The van der Waals surface area contributed by atoms with Crippen LogP contribution >= 0.6 is 15.9 Å². The number of nitrogens with zero attached hydrogens (tertiary/aromatic N) is 2. The van der Waals surface area contributed by atoms with Crippen LogP contribution in [0.3, 0.4) is 0 Å². The van der Waals surface area contributed by atoms with Crippen molar-refractivity contribution < 1.29 is 5.11 Å². The van der Waals surface area contributed by atoms with Gasteiger partial charge in [0.15, 0.2) is 0 Å². The summed E-state index contributed by atoms with van der Waals surface area (Å²) in [4.78, 5) is 6.68. The minimum Gasteiger partial charge on any atom is -0.396 e. The molecule has 3 rings (SSSR count). The first-order chi connectivity index (χ1) is 8.29. The molecule has 0 spiro atoms. The fraction of sp³-hybridized carbons (Fsp3) is 0.308. The number of halogens is 1. The van der Waals surface area contributed by atoms with Crippen LogP contribution in [0.1, 0.15) is 0 Å². The van der Waals surface area contributed by atoms with Crippen LogP contribution in [0.15, 0.2) is 34.9 Å². The molecular formula is C13H13BrN2O. The topological polar surface area (TPSA) is 36.4 Å². The molecule has 2 aromatic rings. The highest BCUT2D eigenvalue weighted by atomic mass is 79.9. The van der Waals surface area contributed by atoms with Gasteiger partial charge in [0.1, 0.15) is 5.82 Å². The third kappa shape index (κ3) is 1.81. The van der Waals surface area contributed by atoms with Crippen LogP contribution < -0.4 is 4.90 Å². The van der Waals surface area contributed by atoms with Crippen LogP contribution in [0.2, 0.25) is 0 Å². The summed E-state index contributed by atoms with van der Waals surface area (Å²) in [5.74, 6) is 1.42. The van der Waals surface area contributed by atoms with Gasteiger partial charge in [-0.15, -0.1) is 0 Å². The smallest absolute Gasteiger partial charge is 0.136 e. The van der Waals surface area contributed by atoms with E-state index in [4.69, 9.17) is 5.11 Å². The number of aromatic nitrogens is 1. The average molecular weight is 293 g/mol. The van der Waals surface area contributed by atoms with E-state index >= 15 is 0 Å². The van der Waals surface area contributed by atoms with Gasteiger partial charge in [0.05, 0.1) is 0 Å². The van der Waals surface area contributed by atoms with E-state index in [1.807, 2.05) is 24.4 Å². The SMILES string of the molecule is OCC1CN(c2nccc3c(Br)cccc23)C1. The second-order valence-electron chi connectivity index (χ2n) is 4.42. The van der Waals surface area contributed by atoms with Gasteiger partial charge in [0.2, 0.25) is 0 Å². The summed E-state index contributed by atoms with van der Waals surface area (Å²) >= 11 is 3.56. The molecule has 0 radical (unpaired) electrons. The number of anilines is 1. The molecule has 17 heavy (non-hydrogen) atoms. The molecule has 0 aliphatic carbocycles. The Bertz CT molecular complexity index is 552. The fourth-order valence-electron chi connectivity index (χ4n) is 2.26. The highest BCUT2D eigenvalue weighted by Gasteiger charge is 2.27. The molecular weight excluding hydrogens is 280 g/mol. The fourth-order valence-corrected chi connectivity index (χ4v) is 2.76. The molecule has 0 atom stereocenters. The summed E-state index contributed by atoms with van der Waals surface area (Å²) in [6, 6.07) is 8.18. The maximum Gasteiger partial charge on any atom is 0.136 e. The maximum absolute atomic E-state index is 9.05. The van der Waals surface area contributed by atoms with Crippen molar-refractivity contribution in [1.29, 1.82) is 0 Å². The lowest BCUT2D eigenvalue weighted by Crippen LogP contribution is -2.48. The van der Waals surface area contributed by atoms with Gasteiger partial charge in [0.25, 0.3) is 0 Å². The van der Waals surface area contributed by atoms with Crippen molar-refractivity contribution in [3.63, 3.8) is 0 Å². The molecule has 1 saturated heterocycles. The first-order valence-electron chi connectivity index (χ1n) is 5.68. The zero-order valence-corrected chi connectivity index (χ0v) is 10.9. The molecule has 1 N–H and O–H groups in total. The maximum atomic E-state index is 9.05. The van der Waals surface area contributed by atoms with E-state index in [0.29, 0.717) is 5.92 Å². The van der Waals surface area contributed by atoms with Gasteiger partial charge in [-0.3, -0.25) is 0 Å². The Labute approximate surface area is 108 Å². The van der Waals surface area contributed by atoms with Crippen LogP contribution in [-0.2, 0) is 0 Å². The van der Waals surface area contributed by atoms with E-state index in [1.54, 1.807) is 0 Å². The first-order valence-corrected chi connectivity index (χ1v) is 6.48. The number of hydrogen-bond acceptors (Lipinski definition) is 3. The molecule has 1 fully saturated rings. The molecule has 0 saturated carbocycles. The minimum atomic E-state index is 0.269. The predicted octanol–water partition coefficient (Wildman–Crippen LogP) is 2.43. The molecule has 1 aromatic carbocycles. The van der Waals surface area contributed by atoms with E-state index < -0.39 is 0 Å². The van der Waals surface area contributed by atoms with Crippen molar-refractivity contribution in [3.05, 3.63) is 34.9 Å². The molecule has 88 valence electrons. The third-order valence-electron chi connectivity index (χ3n) is 3.25. The van der Waals surface area contributed by atoms with Gasteiger partial charge in [-0.2, -0.15) is 0 Å². The lowest BCUT2D eigenvalue weighted by atomic mass is 10.0. The Hall–Kier alpha value is -1.13. The molecule has 0 unspecified atom stereocenters. The molecule has 0 amide bonds. The van der Waals surface area contributed by atoms with E-state index in [1.165, 1.54) is 10.8 Å². The summed E-state index contributed by atoms with van der Waals surface area (Å²) < 4.78 is 1.10. The number of aliphatic hydroxyl groups excluding tert-OH is 1. The Kier molecular flexibility index (Phi) is 2.76. The normalized spacial score (nSPS) is 16.2. The predicted molar refractivity (Wildman–Crippen MR) is 72.2 cm³/mol. The van der Waals surface area contributed by atoms with Crippen molar-refractivity contribution in [2.45, 2.75) is 0 Å². The van der Waals surface area contributed by atoms with Gasteiger partial charge >= 0.3 is 0 Å². The van der Waals surface area contributed by atoms with E-state index in [0.717, 1.165) is 23.4 Å².